The Morgan fingerprint density at radius 3 is 2.41 bits per heavy atom. The number of halogens is 3. The van der Waals surface area contributed by atoms with Crippen LogP contribution in [-0.2, 0) is 25.8 Å². The second-order valence-electron chi connectivity index (χ2n) is 8.68. The smallest absolute Gasteiger partial charge is 0.277 e. The first kappa shape index (κ1) is 27.4. The summed E-state index contributed by atoms with van der Waals surface area (Å²) in [4.78, 5) is 21.1. The van der Waals surface area contributed by atoms with Gasteiger partial charge in [-0.25, -0.2) is 22.7 Å². The SMILES string of the molecule is CN(Cc1ccncc1)S(=O)(=O)c1cc(C(=O)NOCC2CC2)c(Nc2ccc(CI)cc2)c(F)c1F. The molecule has 0 spiro atoms. The van der Waals surface area contributed by atoms with E-state index in [1.807, 2.05) is 0 Å². The summed E-state index contributed by atoms with van der Waals surface area (Å²) in [5.41, 5.74) is 3.32. The topological polar surface area (TPSA) is 101 Å². The molecule has 2 N–H and O–H groups in total. The van der Waals surface area contributed by atoms with E-state index in [2.05, 4.69) is 38.4 Å². The summed E-state index contributed by atoms with van der Waals surface area (Å²) in [5, 5.41) is 2.72. The highest BCUT2D eigenvalue weighted by Crippen LogP contribution is 2.33. The maximum atomic E-state index is 15.4. The van der Waals surface area contributed by atoms with Gasteiger partial charge in [-0.2, -0.15) is 4.31 Å². The molecular weight excluding hydrogens is 617 g/mol. The zero-order chi connectivity index (χ0) is 26.6. The van der Waals surface area contributed by atoms with E-state index in [0.29, 0.717) is 17.2 Å². The third kappa shape index (κ3) is 6.61. The molecule has 1 amide bonds. The molecule has 4 rings (SSSR count). The first-order chi connectivity index (χ1) is 17.7. The third-order valence-corrected chi connectivity index (χ3v) is 8.50. The lowest BCUT2D eigenvalue weighted by atomic mass is 10.1. The quantitative estimate of drug-likeness (QED) is 0.175. The lowest BCUT2D eigenvalue weighted by Crippen LogP contribution is -2.30. The molecular formula is C25H25F2IN4O4S. The van der Waals surface area contributed by atoms with Crippen molar-refractivity contribution >= 4 is 49.9 Å². The molecule has 1 aromatic heterocycles. The van der Waals surface area contributed by atoms with Crippen LogP contribution in [0, 0.1) is 17.6 Å². The van der Waals surface area contributed by atoms with Crippen LogP contribution >= 0.6 is 22.6 Å². The molecule has 1 fully saturated rings. The Morgan fingerprint density at radius 2 is 1.78 bits per heavy atom. The van der Waals surface area contributed by atoms with Crippen LogP contribution in [0.25, 0.3) is 0 Å². The number of carbonyl (C=O) groups is 1. The molecule has 8 nitrogen and oxygen atoms in total. The largest absolute Gasteiger partial charge is 0.352 e. The van der Waals surface area contributed by atoms with Crippen molar-refractivity contribution in [3.63, 3.8) is 0 Å². The lowest BCUT2D eigenvalue weighted by Gasteiger charge is -2.20. The number of rotatable bonds is 11. The molecule has 0 saturated heterocycles. The van der Waals surface area contributed by atoms with Crippen molar-refractivity contribution in [3.8, 4) is 0 Å². The lowest BCUT2D eigenvalue weighted by molar-refractivity contribution is 0.0270. The maximum absolute atomic E-state index is 15.4. The van der Waals surface area contributed by atoms with Crippen LogP contribution in [0.15, 0.2) is 59.8 Å². The second-order valence-corrected chi connectivity index (χ2v) is 11.5. The number of nitrogens with one attached hydrogen (secondary N) is 2. The Bertz CT molecular complexity index is 1370. The van der Waals surface area contributed by atoms with Gasteiger partial charge < -0.3 is 5.32 Å². The van der Waals surface area contributed by atoms with Gasteiger partial charge in [-0.15, -0.1) is 0 Å². The van der Waals surface area contributed by atoms with Crippen molar-refractivity contribution in [3.05, 3.63) is 83.2 Å². The summed E-state index contributed by atoms with van der Waals surface area (Å²) in [5.74, 6) is -3.66. The molecule has 0 radical (unpaired) electrons. The van der Waals surface area contributed by atoms with Crippen LogP contribution < -0.4 is 10.8 Å². The van der Waals surface area contributed by atoms with E-state index < -0.39 is 43.7 Å². The fourth-order valence-electron chi connectivity index (χ4n) is 3.48. The van der Waals surface area contributed by atoms with Gasteiger partial charge in [-0.1, -0.05) is 34.7 Å². The second kappa shape index (κ2) is 11.8. The average Bonchev–Trinajstić information content (AvgIpc) is 3.72. The number of carbonyl (C=O) groups excluding carboxylic acids is 1. The molecule has 1 aliphatic carbocycles. The van der Waals surface area contributed by atoms with Gasteiger partial charge in [0.1, 0.15) is 4.90 Å². The van der Waals surface area contributed by atoms with Crippen molar-refractivity contribution in [1.82, 2.24) is 14.8 Å². The fraction of sp³-hybridized carbons (Fsp3) is 0.280. The number of hydrogen-bond donors (Lipinski definition) is 2. The first-order valence-electron chi connectivity index (χ1n) is 11.4. The molecule has 0 aliphatic heterocycles. The van der Waals surface area contributed by atoms with Crippen LogP contribution in [0.4, 0.5) is 20.2 Å². The van der Waals surface area contributed by atoms with Gasteiger partial charge in [0.25, 0.3) is 5.91 Å². The van der Waals surface area contributed by atoms with Crippen LogP contribution in [0.3, 0.4) is 0 Å². The standard InChI is InChI=1S/C25H25F2IN4O4S/c1-32(14-17-8-10-29-11-9-17)37(34,35)21-12-20(25(33)31-36-15-18-2-3-18)24(23(27)22(21)26)30-19-6-4-16(13-28)5-7-19/h4-12,18,30H,2-3,13-15H2,1H3,(H,31,33). The number of amides is 1. The number of hydrogen-bond acceptors (Lipinski definition) is 6. The van der Waals surface area contributed by atoms with Gasteiger partial charge in [0.05, 0.1) is 17.9 Å². The summed E-state index contributed by atoms with van der Waals surface area (Å²) >= 11 is 2.20. The Balaban J connectivity index is 1.71. The van der Waals surface area contributed by atoms with Crippen LogP contribution in [0.5, 0.6) is 0 Å². The molecule has 0 unspecified atom stereocenters. The van der Waals surface area contributed by atoms with E-state index in [-0.39, 0.29) is 13.2 Å². The molecule has 37 heavy (non-hydrogen) atoms. The van der Waals surface area contributed by atoms with Crippen molar-refractivity contribution in [2.24, 2.45) is 5.92 Å². The highest BCUT2D eigenvalue weighted by Gasteiger charge is 2.32. The molecule has 0 atom stereocenters. The Labute approximate surface area is 227 Å². The minimum atomic E-state index is -4.52. The number of sulfonamides is 1. The normalized spacial score (nSPS) is 13.5. The van der Waals surface area contributed by atoms with E-state index >= 15 is 8.78 Å². The van der Waals surface area contributed by atoms with Crippen molar-refractivity contribution in [2.45, 2.75) is 28.7 Å². The summed E-state index contributed by atoms with van der Waals surface area (Å²) in [7, 11) is -3.28. The average molecular weight is 642 g/mol. The molecule has 2 aromatic carbocycles. The molecule has 1 aliphatic rings. The Kier molecular flexibility index (Phi) is 8.72. The van der Waals surface area contributed by atoms with E-state index in [1.54, 1.807) is 36.4 Å². The summed E-state index contributed by atoms with van der Waals surface area (Å²) in [6.45, 7) is 0.164. The molecule has 1 saturated carbocycles. The zero-order valence-electron chi connectivity index (χ0n) is 19.9. The van der Waals surface area contributed by atoms with Crippen molar-refractivity contribution in [1.29, 1.82) is 0 Å². The van der Waals surface area contributed by atoms with Crippen LogP contribution in [0.1, 0.15) is 34.3 Å². The number of alkyl halides is 1. The maximum Gasteiger partial charge on any atom is 0.277 e. The molecule has 196 valence electrons. The first-order valence-corrected chi connectivity index (χ1v) is 14.4. The van der Waals surface area contributed by atoms with E-state index in [0.717, 1.165) is 33.2 Å². The predicted octanol–water partition coefficient (Wildman–Crippen LogP) is 4.93. The van der Waals surface area contributed by atoms with E-state index in [4.69, 9.17) is 4.84 Å². The van der Waals surface area contributed by atoms with Crippen molar-refractivity contribution < 1.29 is 26.8 Å². The third-order valence-electron chi connectivity index (χ3n) is 5.82. The van der Waals surface area contributed by atoms with Crippen molar-refractivity contribution in [2.75, 3.05) is 19.0 Å². The van der Waals surface area contributed by atoms with Gasteiger partial charge in [0.15, 0.2) is 11.6 Å². The van der Waals surface area contributed by atoms with Gasteiger partial charge in [-0.3, -0.25) is 14.6 Å². The number of benzene rings is 2. The Morgan fingerprint density at radius 1 is 1.11 bits per heavy atom. The minimum Gasteiger partial charge on any atom is -0.352 e. The summed E-state index contributed by atoms with van der Waals surface area (Å²) in [6, 6.07) is 11.0. The number of nitrogens with zero attached hydrogens (tertiary/aromatic N) is 2. The van der Waals surface area contributed by atoms with Crippen LogP contribution in [-0.4, -0.2) is 37.3 Å². The van der Waals surface area contributed by atoms with Gasteiger partial charge in [0, 0.05) is 36.1 Å². The zero-order valence-corrected chi connectivity index (χ0v) is 22.9. The monoisotopic (exact) mass is 642 g/mol. The Hall–Kier alpha value is -2.68. The predicted molar refractivity (Wildman–Crippen MR) is 143 cm³/mol. The number of hydroxylamine groups is 1. The highest BCUT2D eigenvalue weighted by atomic mass is 127. The minimum absolute atomic E-state index is 0.110. The molecule has 0 bridgehead atoms. The molecule has 12 heteroatoms. The number of anilines is 2. The number of pyridine rings is 1. The van der Waals surface area contributed by atoms with Gasteiger partial charge in [0.2, 0.25) is 10.0 Å². The summed E-state index contributed by atoms with van der Waals surface area (Å²) < 4.78 is 58.9. The highest BCUT2D eigenvalue weighted by molar-refractivity contribution is 14.1. The van der Waals surface area contributed by atoms with E-state index in [9.17, 15) is 13.2 Å². The molecule has 1 heterocycles. The van der Waals surface area contributed by atoms with E-state index in [1.165, 1.54) is 19.4 Å². The summed E-state index contributed by atoms with van der Waals surface area (Å²) in [6.07, 6.45) is 4.95. The van der Waals surface area contributed by atoms with Gasteiger partial charge in [-0.05, 0) is 60.2 Å². The van der Waals surface area contributed by atoms with Gasteiger partial charge >= 0.3 is 0 Å². The fourth-order valence-corrected chi connectivity index (χ4v) is 5.22. The van der Waals surface area contributed by atoms with Crippen LogP contribution in [0.2, 0.25) is 0 Å². The number of aromatic nitrogens is 1. The molecule has 3 aromatic rings.